The second-order valence-electron chi connectivity index (χ2n) is 5.27. The first-order valence-electron chi connectivity index (χ1n) is 7.19. The van der Waals surface area contributed by atoms with E-state index in [2.05, 4.69) is 0 Å². The summed E-state index contributed by atoms with van der Waals surface area (Å²) in [6.45, 7) is 3.86. The second kappa shape index (κ2) is 5.83. The Balaban J connectivity index is 1.75. The normalized spacial score (nSPS) is 23.4. The summed E-state index contributed by atoms with van der Waals surface area (Å²) < 4.78 is 0. The number of carbonyl (C=O) groups excluding carboxylic acids is 2. The molecule has 2 saturated heterocycles. The summed E-state index contributed by atoms with van der Waals surface area (Å²) in [5.74, 6) is -0.126. The fourth-order valence-electron chi connectivity index (χ4n) is 2.82. The molecule has 6 nitrogen and oxygen atoms in total. The highest BCUT2D eigenvalue weighted by Crippen LogP contribution is 2.21. The van der Waals surface area contributed by atoms with E-state index >= 15 is 0 Å². The molecule has 2 aliphatic heterocycles. The third kappa shape index (κ3) is 2.77. The van der Waals surface area contributed by atoms with Crippen molar-refractivity contribution in [3.8, 4) is 0 Å². The summed E-state index contributed by atoms with van der Waals surface area (Å²) in [4.78, 5) is 33.0. The average molecular weight is 289 g/mol. The summed E-state index contributed by atoms with van der Waals surface area (Å²) in [5, 5.41) is 1.78. The lowest BCUT2D eigenvalue weighted by Gasteiger charge is -2.47. The Kier molecular flexibility index (Phi) is 3.90. The Labute approximate surface area is 123 Å². The van der Waals surface area contributed by atoms with Gasteiger partial charge in [0.15, 0.2) is 0 Å². The van der Waals surface area contributed by atoms with E-state index in [-0.39, 0.29) is 31.1 Å². The Hall–Kier alpha value is -1.92. The van der Waals surface area contributed by atoms with Crippen LogP contribution in [0.1, 0.15) is 12.5 Å². The SMILES string of the molecule is CCN1OCC(=O)N2CC(=O)N(Cc3ccccc3)CC12. The molecule has 1 unspecified atom stereocenters. The predicted molar refractivity (Wildman–Crippen MR) is 75.7 cm³/mol. The maximum atomic E-state index is 12.3. The molecule has 2 fully saturated rings. The van der Waals surface area contributed by atoms with Gasteiger partial charge in [0, 0.05) is 13.1 Å². The minimum absolute atomic E-state index is 0.0126. The molecule has 21 heavy (non-hydrogen) atoms. The van der Waals surface area contributed by atoms with E-state index in [1.54, 1.807) is 14.9 Å². The number of nitrogens with zero attached hydrogens (tertiary/aromatic N) is 3. The van der Waals surface area contributed by atoms with Crippen LogP contribution in [-0.2, 0) is 21.0 Å². The van der Waals surface area contributed by atoms with Gasteiger partial charge in [-0.15, -0.1) is 0 Å². The molecule has 0 aliphatic carbocycles. The molecule has 2 aliphatic rings. The molecule has 3 rings (SSSR count). The van der Waals surface area contributed by atoms with Gasteiger partial charge in [0.05, 0.1) is 6.54 Å². The number of hydrogen-bond acceptors (Lipinski definition) is 4. The summed E-state index contributed by atoms with van der Waals surface area (Å²) in [6.07, 6.45) is -0.183. The fourth-order valence-corrected chi connectivity index (χ4v) is 2.82. The Morgan fingerprint density at radius 1 is 1.19 bits per heavy atom. The van der Waals surface area contributed by atoms with E-state index in [1.807, 2.05) is 37.3 Å². The molecule has 2 amide bonds. The van der Waals surface area contributed by atoms with Crippen LogP contribution in [0.25, 0.3) is 0 Å². The highest BCUT2D eigenvalue weighted by Gasteiger charge is 2.41. The van der Waals surface area contributed by atoms with Crippen LogP contribution < -0.4 is 0 Å². The number of piperazine rings is 1. The molecule has 112 valence electrons. The molecule has 0 bridgehead atoms. The van der Waals surface area contributed by atoms with Gasteiger partial charge in [0.2, 0.25) is 5.91 Å². The standard InChI is InChI=1S/C15H19N3O3/c1-2-18-13-9-16(8-12-6-4-3-5-7-12)14(19)10-17(13)15(20)11-21-18/h3-7,13H,2,8-11H2,1H3. The monoisotopic (exact) mass is 289 g/mol. The Morgan fingerprint density at radius 3 is 2.67 bits per heavy atom. The minimum atomic E-state index is -0.183. The molecular weight excluding hydrogens is 270 g/mol. The topological polar surface area (TPSA) is 53.1 Å². The number of benzene rings is 1. The van der Waals surface area contributed by atoms with Crippen LogP contribution >= 0.6 is 0 Å². The maximum absolute atomic E-state index is 12.3. The lowest BCUT2D eigenvalue weighted by atomic mass is 10.1. The van der Waals surface area contributed by atoms with Crippen LogP contribution in [0.4, 0.5) is 0 Å². The zero-order valence-electron chi connectivity index (χ0n) is 12.1. The summed E-state index contributed by atoms with van der Waals surface area (Å²) >= 11 is 0. The second-order valence-corrected chi connectivity index (χ2v) is 5.27. The van der Waals surface area contributed by atoms with E-state index in [4.69, 9.17) is 4.84 Å². The van der Waals surface area contributed by atoms with E-state index < -0.39 is 0 Å². The number of rotatable bonds is 3. The van der Waals surface area contributed by atoms with E-state index in [0.29, 0.717) is 19.6 Å². The van der Waals surface area contributed by atoms with Crippen molar-refractivity contribution in [3.63, 3.8) is 0 Å². The first-order chi connectivity index (χ1) is 10.2. The van der Waals surface area contributed by atoms with Gasteiger partial charge in [-0.25, -0.2) is 0 Å². The smallest absolute Gasteiger partial charge is 0.252 e. The van der Waals surface area contributed by atoms with Crippen LogP contribution in [0.15, 0.2) is 30.3 Å². The third-order valence-corrected chi connectivity index (χ3v) is 3.94. The van der Waals surface area contributed by atoms with Crippen molar-refractivity contribution in [1.29, 1.82) is 0 Å². The quantitative estimate of drug-likeness (QED) is 0.811. The molecule has 0 aromatic heterocycles. The van der Waals surface area contributed by atoms with Gasteiger partial charge in [0.1, 0.15) is 19.3 Å². The highest BCUT2D eigenvalue weighted by atomic mass is 16.7. The van der Waals surface area contributed by atoms with E-state index in [9.17, 15) is 9.59 Å². The maximum Gasteiger partial charge on any atom is 0.252 e. The highest BCUT2D eigenvalue weighted by molar-refractivity contribution is 5.87. The molecule has 0 spiro atoms. The van der Waals surface area contributed by atoms with Gasteiger partial charge in [-0.3, -0.25) is 14.4 Å². The van der Waals surface area contributed by atoms with Crippen LogP contribution in [0.5, 0.6) is 0 Å². The van der Waals surface area contributed by atoms with Crippen molar-refractivity contribution >= 4 is 11.8 Å². The first kappa shape index (κ1) is 14.0. The van der Waals surface area contributed by atoms with Crippen LogP contribution in [-0.4, -0.2) is 59.1 Å². The van der Waals surface area contributed by atoms with E-state index in [0.717, 1.165) is 5.56 Å². The number of carbonyl (C=O) groups is 2. The molecule has 6 heteroatoms. The molecule has 1 aromatic rings. The summed E-state index contributed by atoms with van der Waals surface area (Å²) in [5.41, 5.74) is 1.09. The van der Waals surface area contributed by atoms with Crippen molar-refractivity contribution in [2.24, 2.45) is 0 Å². The number of hydroxylamine groups is 2. The summed E-state index contributed by atoms with van der Waals surface area (Å²) in [7, 11) is 0. The molecule has 0 radical (unpaired) electrons. The molecule has 2 heterocycles. The fraction of sp³-hybridized carbons (Fsp3) is 0.467. The van der Waals surface area contributed by atoms with Gasteiger partial charge >= 0.3 is 0 Å². The number of likely N-dealkylation sites (N-methyl/N-ethyl adjacent to an activating group) is 1. The molecular formula is C15H19N3O3. The van der Waals surface area contributed by atoms with Crippen molar-refractivity contribution in [1.82, 2.24) is 14.9 Å². The molecule has 1 aromatic carbocycles. The lowest BCUT2D eigenvalue weighted by molar-refractivity contribution is -0.254. The number of amides is 2. The largest absolute Gasteiger partial charge is 0.333 e. The predicted octanol–water partition coefficient (Wildman–Crippen LogP) is 0.451. The van der Waals surface area contributed by atoms with Crippen molar-refractivity contribution in [2.45, 2.75) is 19.6 Å². The summed E-state index contributed by atoms with van der Waals surface area (Å²) in [6, 6.07) is 9.87. The zero-order valence-corrected chi connectivity index (χ0v) is 12.1. The van der Waals surface area contributed by atoms with Gasteiger partial charge in [0.25, 0.3) is 5.91 Å². The lowest BCUT2D eigenvalue weighted by Crippen LogP contribution is -2.66. The van der Waals surface area contributed by atoms with Gasteiger partial charge in [-0.1, -0.05) is 30.3 Å². The van der Waals surface area contributed by atoms with E-state index in [1.165, 1.54) is 0 Å². The molecule has 1 atom stereocenters. The minimum Gasteiger partial charge on any atom is -0.333 e. The number of fused-ring (bicyclic) bond motifs is 1. The molecule has 0 N–H and O–H groups in total. The Morgan fingerprint density at radius 2 is 1.95 bits per heavy atom. The van der Waals surface area contributed by atoms with Gasteiger partial charge in [-0.05, 0) is 12.5 Å². The first-order valence-corrected chi connectivity index (χ1v) is 7.19. The van der Waals surface area contributed by atoms with Crippen molar-refractivity contribution in [2.75, 3.05) is 26.2 Å². The molecule has 0 saturated carbocycles. The van der Waals surface area contributed by atoms with Crippen LogP contribution in [0.2, 0.25) is 0 Å². The van der Waals surface area contributed by atoms with Gasteiger partial charge < -0.3 is 9.80 Å². The Bertz CT molecular complexity index is 534. The van der Waals surface area contributed by atoms with Gasteiger partial charge in [-0.2, -0.15) is 5.06 Å². The van der Waals surface area contributed by atoms with Crippen LogP contribution in [0.3, 0.4) is 0 Å². The average Bonchev–Trinajstić information content (AvgIpc) is 2.50. The zero-order chi connectivity index (χ0) is 14.8. The van der Waals surface area contributed by atoms with Crippen LogP contribution in [0, 0.1) is 0 Å². The van der Waals surface area contributed by atoms with Crippen molar-refractivity contribution < 1.29 is 14.4 Å². The number of hydrogen-bond donors (Lipinski definition) is 0. The third-order valence-electron chi connectivity index (χ3n) is 3.94. The van der Waals surface area contributed by atoms with Crippen molar-refractivity contribution in [3.05, 3.63) is 35.9 Å².